The van der Waals surface area contributed by atoms with Crippen LogP contribution < -0.4 is 10.2 Å². The highest BCUT2D eigenvalue weighted by Crippen LogP contribution is 2.20. The Morgan fingerprint density at radius 3 is 3.12 bits per heavy atom. The van der Waals surface area contributed by atoms with Gasteiger partial charge in [-0.3, -0.25) is 4.79 Å². The Morgan fingerprint density at radius 1 is 1.59 bits per heavy atom. The molecule has 17 heavy (non-hydrogen) atoms. The Labute approximate surface area is 105 Å². The smallest absolute Gasteiger partial charge is 0.304 e. The molecule has 0 radical (unpaired) electrons. The number of aliphatic carboxylic acids is 1. The molecule has 0 amide bonds. The standard InChI is InChI=1S/C12H15ClN2O2/c13-9-2-1-3-11(6-9)15-5-4-14-10(8-15)7-12(16)17/h1-3,6,10,14H,4-5,7-8H2,(H,16,17). The molecule has 1 aliphatic rings. The van der Waals surface area contributed by atoms with E-state index < -0.39 is 5.97 Å². The summed E-state index contributed by atoms with van der Waals surface area (Å²) in [6.45, 7) is 2.37. The fourth-order valence-electron chi connectivity index (χ4n) is 2.08. The molecular formula is C12H15ClN2O2. The van der Waals surface area contributed by atoms with Crippen LogP contribution in [0.15, 0.2) is 24.3 Å². The van der Waals surface area contributed by atoms with Crippen LogP contribution in [0.3, 0.4) is 0 Å². The highest BCUT2D eigenvalue weighted by Gasteiger charge is 2.21. The summed E-state index contributed by atoms with van der Waals surface area (Å²) in [4.78, 5) is 12.8. The van der Waals surface area contributed by atoms with Crippen molar-refractivity contribution in [2.75, 3.05) is 24.5 Å². The van der Waals surface area contributed by atoms with Gasteiger partial charge in [-0.1, -0.05) is 17.7 Å². The Morgan fingerprint density at radius 2 is 2.41 bits per heavy atom. The van der Waals surface area contributed by atoms with Crippen LogP contribution in [0, 0.1) is 0 Å². The maximum atomic E-state index is 10.7. The van der Waals surface area contributed by atoms with Crippen LogP contribution in [0.2, 0.25) is 5.02 Å². The molecule has 0 aliphatic carbocycles. The summed E-state index contributed by atoms with van der Waals surface area (Å²) in [5, 5.41) is 12.7. The predicted molar refractivity (Wildman–Crippen MR) is 67.7 cm³/mol. The fraction of sp³-hybridized carbons (Fsp3) is 0.417. The van der Waals surface area contributed by atoms with E-state index in [1.165, 1.54) is 0 Å². The molecule has 0 saturated carbocycles. The third kappa shape index (κ3) is 3.35. The molecule has 1 fully saturated rings. The Bertz CT molecular complexity index is 411. The van der Waals surface area contributed by atoms with Crippen molar-refractivity contribution in [2.45, 2.75) is 12.5 Å². The number of hydrogen-bond acceptors (Lipinski definition) is 3. The van der Waals surface area contributed by atoms with Crippen molar-refractivity contribution in [3.05, 3.63) is 29.3 Å². The summed E-state index contributed by atoms with van der Waals surface area (Å²) in [5.41, 5.74) is 1.05. The number of benzene rings is 1. The molecule has 5 heteroatoms. The lowest BCUT2D eigenvalue weighted by Gasteiger charge is -2.34. The number of halogens is 1. The number of rotatable bonds is 3. The average molecular weight is 255 g/mol. The summed E-state index contributed by atoms with van der Waals surface area (Å²) in [6, 6.07) is 7.65. The molecular weight excluding hydrogens is 240 g/mol. The first kappa shape index (κ1) is 12.2. The minimum absolute atomic E-state index is 0.000214. The molecule has 1 heterocycles. The zero-order chi connectivity index (χ0) is 12.3. The fourth-order valence-corrected chi connectivity index (χ4v) is 2.26. The topological polar surface area (TPSA) is 52.6 Å². The molecule has 1 aliphatic heterocycles. The van der Waals surface area contributed by atoms with Crippen LogP contribution in [0.25, 0.3) is 0 Å². The number of piperazine rings is 1. The van der Waals surface area contributed by atoms with E-state index >= 15 is 0 Å². The zero-order valence-electron chi connectivity index (χ0n) is 9.40. The molecule has 1 saturated heterocycles. The minimum atomic E-state index is -0.768. The van der Waals surface area contributed by atoms with Crippen LogP contribution in [-0.4, -0.2) is 36.8 Å². The predicted octanol–water partition coefficient (Wildman–Crippen LogP) is 1.59. The second-order valence-electron chi connectivity index (χ2n) is 4.17. The van der Waals surface area contributed by atoms with E-state index in [2.05, 4.69) is 10.2 Å². The van der Waals surface area contributed by atoms with Crippen molar-refractivity contribution in [1.29, 1.82) is 0 Å². The third-order valence-corrected chi connectivity index (χ3v) is 3.08. The first-order chi connectivity index (χ1) is 8.15. The lowest BCUT2D eigenvalue weighted by atomic mass is 10.1. The monoisotopic (exact) mass is 254 g/mol. The van der Waals surface area contributed by atoms with Crippen molar-refractivity contribution < 1.29 is 9.90 Å². The maximum absolute atomic E-state index is 10.7. The molecule has 1 aromatic rings. The quantitative estimate of drug-likeness (QED) is 0.860. The Hall–Kier alpha value is -1.26. The molecule has 1 aromatic carbocycles. The van der Waals surface area contributed by atoms with E-state index in [0.717, 1.165) is 18.8 Å². The van der Waals surface area contributed by atoms with Gasteiger partial charge >= 0.3 is 5.97 Å². The summed E-state index contributed by atoms with van der Waals surface area (Å²) in [6.07, 6.45) is 0.150. The summed E-state index contributed by atoms with van der Waals surface area (Å²) in [5.74, 6) is -0.768. The van der Waals surface area contributed by atoms with E-state index in [4.69, 9.17) is 16.7 Å². The van der Waals surface area contributed by atoms with Gasteiger partial charge in [0.05, 0.1) is 6.42 Å². The van der Waals surface area contributed by atoms with E-state index in [0.29, 0.717) is 11.6 Å². The number of nitrogens with one attached hydrogen (secondary N) is 1. The van der Waals surface area contributed by atoms with Crippen LogP contribution in [0.1, 0.15) is 6.42 Å². The van der Waals surface area contributed by atoms with E-state index in [1.54, 1.807) is 0 Å². The lowest BCUT2D eigenvalue weighted by molar-refractivity contribution is -0.137. The Balaban J connectivity index is 2.04. The van der Waals surface area contributed by atoms with Gasteiger partial charge in [0.2, 0.25) is 0 Å². The number of anilines is 1. The molecule has 0 spiro atoms. The zero-order valence-corrected chi connectivity index (χ0v) is 10.2. The molecule has 1 atom stereocenters. The molecule has 92 valence electrons. The highest BCUT2D eigenvalue weighted by atomic mass is 35.5. The number of nitrogens with zero attached hydrogens (tertiary/aromatic N) is 1. The van der Waals surface area contributed by atoms with Gasteiger partial charge in [0.15, 0.2) is 0 Å². The van der Waals surface area contributed by atoms with Gasteiger partial charge in [0.25, 0.3) is 0 Å². The van der Waals surface area contributed by atoms with Gasteiger partial charge in [0.1, 0.15) is 0 Å². The molecule has 2 N–H and O–H groups in total. The Kier molecular flexibility index (Phi) is 3.86. The van der Waals surface area contributed by atoms with Gasteiger partial charge in [-0.2, -0.15) is 0 Å². The van der Waals surface area contributed by atoms with Crippen LogP contribution in [-0.2, 0) is 4.79 Å². The average Bonchev–Trinajstić information content (AvgIpc) is 2.28. The van der Waals surface area contributed by atoms with E-state index in [-0.39, 0.29) is 12.5 Å². The normalized spacial score (nSPS) is 20.3. The van der Waals surface area contributed by atoms with E-state index in [9.17, 15) is 4.79 Å². The first-order valence-electron chi connectivity index (χ1n) is 5.61. The summed E-state index contributed by atoms with van der Waals surface area (Å²) >= 11 is 5.95. The van der Waals surface area contributed by atoms with Gasteiger partial charge < -0.3 is 15.3 Å². The highest BCUT2D eigenvalue weighted by molar-refractivity contribution is 6.30. The number of carboxylic acid groups (broad SMARTS) is 1. The molecule has 0 aromatic heterocycles. The first-order valence-corrected chi connectivity index (χ1v) is 5.98. The number of hydrogen-bond donors (Lipinski definition) is 2. The van der Waals surface area contributed by atoms with Crippen molar-refractivity contribution >= 4 is 23.3 Å². The molecule has 1 unspecified atom stereocenters. The second-order valence-corrected chi connectivity index (χ2v) is 4.61. The van der Waals surface area contributed by atoms with Crippen LogP contribution in [0.4, 0.5) is 5.69 Å². The maximum Gasteiger partial charge on any atom is 0.304 e. The molecule has 4 nitrogen and oxygen atoms in total. The lowest BCUT2D eigenvalue weighted by Crippen LogP contribution is -2.51. The van der Waals surface area contributed by atoms with Crippen molar-refractivity contribution in [2.24, 2.45) is 0 Å². The summed E-state index contributed by atoms with van der Waals surface area (Å²) in [7, 11) is 0. The van der Waals surface area contributed by atoms with Crippen LogP contribution in [0.5, 0.6) is 0 Å². The van der Waals surface area contributed by atoms with Crippen molar-refractivity contribution in [3.8, 4) is 0 Å². The second kappa shape index (κ2) is 5.38. The molecule has 0 bridgehead atoms. The van der Waals surface area contributed by atoms with E-state index in [1.807, 2.05) is 24.3 Å². The number of carboxylic acids is 1. The number of carbonyl (C=O) groups is 1. The van der Waals surface area contributed by atoms with Gasteiger partial charge in [-0.05, 0) is 18.2 Å². The van der Waals surface area contributed by atoms with Crippen molar-refractivity contribution in [3.63, 3.8) is 0 Å². The molecule has 2 rings (SSSR count). The van der Waals surface area contributed by atoms with Gasteiger partial charge in [-0.25, -0.2) is 0 Å². The largest absolute Gasteiger partial charge is 0.481 e. The van der Waals surface area contributed by atoms with Gasteiger partial charge in [-0.15, -0.1) is 0 Å². The SMILES string of the molecule is O=C(O)CC1CN(c2cccc(Cl)c2)CCN1. The minimum Gasteiger partial charge on any atom is -0.481 e. The summed E-state index contributed by atoms with van der Waals surface area (Å²) < 4.78 is 0. The third-order valence-electron chi connectivity index (χ3n) is 2.85. The van der Waals surface area contributed by atoms with Gasteiger partial charge in [0, 0.05) is 36.4 Å². The van der Waals surface area contributed by atoms with Crippen molar-refractivity contribution in [1.82, 2.24) is 5.32 Å². The van der Waals surface area contributed by atoms with Crippen LogP contribution >= 0.6 is 11.6 Å².